The number of halogens is 2. The van der Waals surface area contributed by atoms with Gasteiger partial charge in [0.15, 0.2) is 0 Å². The van der Waals surface area contributed by atoms with Crippen molar-refractivity contribution in [2.45, 2.75) is 26.4 Å². The monoisotopic (exact) mass is 276 g/mol. The molecule has 0 atom stereocenters. The number of rotatable bonds is 0. The normalized spacial score (nSPS) is 15.2. The maximum Gasteiger partial charge on any atom is 0.138 e. The first kappa shape index (κ1) is 12.9. The molecule has 0 bridgehead atoms. The minimum absolute atomic E-state index is 0.191. The van der Waals surface area contributed by atoms with Crippen LogP contribution in [0.1, 0.15) is 25.0 Å². The lowest BCUT2D eigenvalue weighted by Crippen LogP contribution is -2.30. The van der Waals surface area contributed by atoms with E-state index in [1.165, 1.54) is 12.1 Å². The second-order valence-electron chi connectivity index (χ2n) is 5.56. The molecule has 0 aromatic heterocycles. The average Bonchev–Trinajstić information content (AvgIpc) is 2.30. The Morgan fingerprint density at radius 1 is 1.05 bits per heavy atom. The molecule has 1 heterocycles. The van der Waals surface area contributed by atoms with Crippen LogP contribution in [0.25, 0.3) is 11.1 Å². The highest BCUT2D eigenvalue weighted by atomic mass is 19.1. The molecule has 0 aliphatic carbocycles. The molecule has 2 aromatic rings. The molecule has 1 N–H and O–H groups in total. The van der Waals surface area contributed by atoms with Gasteiger partial charge in [0, 0.05) is 17.7 Å². The fraction of sp³-hybridized carbons (Fsp3) is 0.250. The van der Waals surface area contributed by atoms with Gasteiger partial charge in [0.25, 0.3) is 0 Å². The predicted octanol–water partition coefficient (Wildman–Crippen LogP) is 4.27. The fourth-order valence-corrected chi connectivity index (χ4v) is 2.63. The molecule has 0 fully saturated rings. The van der Waals surface area contributed by atoms with E-state index in [1.54, 1.807) is 13.0 Å². The van der Waals surface area contributed by atoms with Crippen molar-refractivity contribution in [3.63, 3.8) is 0 Å². The third kappa shape index (κ3) is 1.75. The van der Waals surface area contributed by atoms with E-state index >= 15 is 0 Å². The molecular weight excluding hydrogens is 262 g/mol. The number of benzene rings is 2. The summed E-state index contributed by atoms with van der Waals surface area (Å²) in [7, 11) is 0. The Kier molecular flexibility index (Phi) is 2.55. The van der Waals surface area contributed by atoms with Gasteiger partial charge in [0.2, 0.25) is 0 Å². The summed E-state index contributed by atoms with van der Waals surface area (Å²) in [5.74, 6) is -1.00. The first-order valence-corrected chi connectivity index (χ1v) is 6.32. The number of phenols is 1. The Morgan fingerprint density at radius 3 is 2.45 bits per heavy atom. The molecule has 2 aromatic carbocycles. The van der Waals surface area contributed by atoms with Crippen LogP contribution < -0.4 is 4.74 Å². The molecule has 1 aliphatic heterocycles. The summed E-state index contributed by atoms with van der Waals surface area (Å²) >= 11 is 0. The Bertz CT molecular complexity index is 721. The van der Waals surface area contributed by atoms with E-state index in [2.05, 4.69) is 0 Å². The number of aromatic hydroxyl groups is 1. The lowest BCUT2D eigenvalue weighted by molar-refractivity contribution is 0.104. The van der Waals surface area contributed by atoms with Crippen molar-refractivity contribution in [3.8, 4) is 22.6 Å². The van der Waals surface area contributed by atoms with E-state index in [0.29, 0.717) is 11.1 Å². The fourth-order valence-electron chi connectivity index (χ4n) is 2.63. The van der Waals surface area contributed by atoms with Gasteiger partial charge in [-0.25, -0.2) is 8.78 Å². The molecule has 20 heavy (non-hydrogen) atoms. The van der Waals surface area contributed by atoms with E-state index < -0.39 is 11.4 Å². The molecule has 0 unspecified atom stereocenters. The van der Waals surface area contributed by atoms with E-state index in [1.807, 2.05) is 13.8 Å². The maximum atomic E-state index is 14.1. The highest BCUT2D eigenvalue weighted by molar-refractivity contribution is 5.78. The van der Waals surface area contributed by atoms with Crippen molar-refractivity contribution in [2.75, 3.05) is 0 Å². The van der Waals surface area contributed by atoms with Crippen LogP contribution in [0.3, 0.4) is 0 Å². The van der Waals surface area contributed by atoms with E-state index in [0.717, 1.165) is 11.6 Å². The summed E-state index contributed by atoms with van der Waals surface area (Å²) in [4.78, 5) is 0. The number of hydrogen-bond donors (Lipinski definition) is 1. The van der Waals surface area contributed by atoms with Gasteiger partial charge in [0.1, 0.15) is 28.7 Å². The number of aryl methyl sites for hydroxylation is 1. The molecule has 4 heteroatoms. The van der Waals surface area contributed by atoms with Gasteiger partial charge < -0.3 is 9.84 Å². The van der Waals surface area contributed by atoms with E-state index in [4.69, 9.17) is 4.74 Å². The smallest absolute Gasteiger partial charge is 0.138 e. The average molecular weight is 276 g/mol. The quantitative estimate of drug-likeness (QED) is 0.778. The zero-order valence-corrected chi connectivity index (χ0v) is 11.4. The second kappa shape index (κ2) is 3.95. The number of phenolic OH excluding ortho intramolecular Hbond substituents is 1. The Morgan fingerprint density at radius 2 is 1.75 bits per heavy atom. The molecule has 0 saturated heterocycles. The Balaban J connectivity index is 2.39. The van der Waals surface area contributed by atoms with Crippen LogP contribution in [0.4, 0.5) is 8.78 Å². The van der Waals surface area contributed by atoms with Gasteiger partial charge in [-0.15, -0.1) is 0 Å². The molecule has 0 saturated carbocycles. The summed E-state index contributed by atoms with van der Waals surface area (Å²) in [6.07, 6.45) is 0. The Labute approximate surface area is 115 Å². The lowest BCUT2D eigenvalue weighted by Gasteiger charge is -2.35. The SMILES string of the molecule is Cc1cc2c(cc1F)-c1c(F)cc(O)cc1OC2(C)C. The van der Waals surface area contributed by atoms with Crippen LogP contribution in [0.15, 0.2) is 24.3 Å². The molecule has 2 nitrogen and oxygen atoms in total. The molecular formula is C16H14F2O2. The zero-order valence-electron chi connectivity index (χ0n) is 11.4. The Hall–Kier alpha value is -2.10. The molecule has 0 radical (unpaired) electrons. The summed E-state index contributed by atoms with van der Waals surface area (Å²) < 4.78 is 33.8. The molecule has 3 rings (SSSR count). The number of ether oxygens (including phenoxy) is 1. The van der Waals surface area contributed by atoms with Gasteiger partial charge >= 0.3 is 0 Å². The van der Waals surface area contributed by atoms with Crippen LogP contribution in [0.2, 0.25) is 0 Å². The van der Waals surface area contributed by atoms with Gasteiger partial charge in [-0.05, 0) is 44.0 Å². The number of fused-ring (bicyclic) bond motifs is 3. The third-order valence-electron chi connectivity index (χ3n) is 3.62. The third-order valence-corrected chi connectivity index (χ3v) is 3.62. The number of hydrogen-bond acceptors (Lipinski definition) is 2. The molecule has 0 amide bonds. The summed E-state index contributed by atoms with van der Waals surface area (Å²) in [6.45, 7) is 5.32. The van der Waals surface area contributed by atoms with Gasteiger partial charge in [-0.3, -0.25) is 0 Å². The van der Waals surface area contributed by atoms with Crippen LogP contribution in [0, 0.1) is 18.6 Å². The van der Waals surface area contributed by atoms with Gasteiger partial charge in [-0.2, -0.15) is 0 Å². The van der Waals surface area contributed by atoms with Crippen molar-refractivity contribution in [3.05, 3.63) is 47.0 Å². The minimum Gasteiger partial charge on any atom is -0.508 e. The van der Waals surface area contributed by atoms with Gasteiger partial charge in [0.05, 0.1) is 5.56 Å². The minimum atomic E-state index is -0.721. The van der Waals surface area contributed by atoms with Crippen LogP contribution >= 0.6 is 0 Å². The van der Waals surface area contributed by atoms with Crippen molar-refractivity contribution in [1.82, 2.24) is 0 Å². The zero-order chi connectivity index (χ0) is 14.7. The van der Waals surface area contributed by atoms with Crippen molar-refractivity contribution in [1.29, 1.82) is 0 Å². The van der Waals surface area contributed by atoms with Gasteiger partial charge in [-0.1, -0.05) is 0 Å². The second-order valence-corrected chi connectivity index (χ2v) is 5.56. The topological polar surface area (TPSA) is 29.5 Å². The molecule has 0 spiro atoms. The summed E-state index contributed by atoms with van der Waals surface area (Å²) in [5, 5.41) is 9.49. The van der Waals surface area contributed by atoms with Crippen LogP contribution in [-0.4, -0.2) is 5.11 Å². The van der Waals surface area contributed by atoms with Crippen molar-refractivity contribution < 1.29 is 18.6 Å². The van der Waals surface area contributed by atoms with Crippen molar-refractivity contribution >= 4 is 0 Å². The summed E-state index contributed by atoms with van der Waals surface area (Å²) in [5.41, 5.74) is 1.16. The largest absolute Gasteiger partial charge is 0.508 e. The van der Waals surface area contributed by atoms with Crippen molar-refractivity contribution in [2.24, 2.45) is 0 Å². The van der Waals surface area contributed by atoms with Crippen LogP contribution in [-0.2, 0) is 5.60 Å². The van der Waals surface area contributed by atoms with Crippen LogP contribution in [0.5, 0.6) is 11.5 Å². The van der Waals surface area contributed by atoms with E-state index in [-0.39, 0.29) is 22.9 Å². The molecule has 1 aliphatic rings. The standard InChI is InChI=1S/C16H14F2O2/c1-8-4-11-10(7-12(8)17)15-13(18)5-9(19)6-14(15)20-16(11,2)3/h4-7,19H,1-3H3. The highest BCUT2D eigenvalue weighted by Gasteiger charge is 2.35. The maximum absolute atomic E-state index is 14.1. The predicted molar refractivity (Wildman–Crippen MR) is 71.8 cm³/mol. The first-order valence-electron chi connectivity index (χ1n) is 6.32. The molecule has 104 valence electrons. The van der Waals surface area contributed by atoms with E-state index in [9.17, 15) is 13.9 Å². The highest BCUT2D eigenvalue weighted by Crippen LogP contribution is 2.48. The first-order chi connectivity index (χ1) is 9.29. The lowest BCUT2D eigenvalue weighted by atomic mass is 9.85. The summed E-state index contributed by atoms with van der Waals surface area (Å²) in [6, 6.07) is 5.36.